The second kappa shape index (κ2) is 8.81. The number of halogens is 1. The van der Waals surface area contributed by atoms with Gasteiger partial charge in [0.05, 0.1) is 6.67 Å². The summed E-state index contributed by atoms with van der Waals surface area (Å²) in [4.78, 5) is 25.9. The van der Waals surface area contributed by atoms with Crippen molar-refractivity contribution in [1.82, 2.24) is 10.2 Å². The molecule has 1 heterocycles. The molecule has 1 N–H and O–H groups in total. The minimum atomic E-state index is -0.795. The van der Waals surface area contributed by atoms with Crippen molar-refractivity contribution in [2.45, 2.75) is 19.3 Å². The normalized spacial score (nSPS) is 19.2. The summed E-state index contributed by atoms with van der Waals surface area (Å²) >= 11 is 0. The number of rotatable bonds is 5. The van der Waals surface area contributed by atoms with Gasteiger partial charge in [0.25, 0.3) is 5.91 Å². The molecule has 2 aromatic rings. The smallest absolute Gasteiger partial charge is 0.407 e. The largest absolute Gasteiger partial charge is 0.449 e. The molecule has 6 heteroatoms. The van der Waals surface area contributed by atoms with Crippen molar-refractivity contribution in [1.29, 1.82) is 0 Å². The summed E-state index contributed by atoms with van der Waals surface area (Å²) in [6.45, 7) is 1.96. The Hall–Kier alpha value is -3.33. The highest BCUT2D eigenvalue weighted by Crippen LogP contribution is 2.44. The number of likely N-dealkylation sites (tertiary alicyclic amines) is 1. The molecule has 5 nitrogen and oxygen atoms in total. The highest BCUT2D eigenvalue weighted by molar-refractivity contribution is 5.93. The Balaban J connectivity index is 1.36. The summed E-state index contributed by atoms with van der Waals surface area (Å²) in [6.07, 6.45) is -0.0996. The van der Waals surface area contributed by atoms with E-state index >= 15 is 0 Å². The highest BCUT2D eigenvalue weighted by Gasteiger charge is 2.40. The van der Waals surface area contributed by atoms with Crippen LogP contribution in [0, 0.1) is 17.3 Å². The fraction of sp³-hybridized carbons (Fsp3) is 0.360. The van der Waals surface area contributed by atoms with E-state index in [1.54, 1.807) is 6.92 Å². The predicted molar refractivity (Wildman–Crippen MR) is 116 cm³/mol. The Morgan fingerprint density at radius 1 is 1.16 bits per heavy atom. The Bertz CT molecular complexity index is 1010. The zero-order valence-corrected chi connectivity index (χ0v) is 17.5. The number of fused-ring (bicyclic) bond motifs is 3. The maximum absolute atomic E-state index is 13.8. The molecule has 1 saturated heterocycles. The van der Waals surface area contributed by atoms with Gasteiger partial charge in [-0.3, -0.25) is 9.18 Å². The van der Waals surface area contributed by atoms with Crippen LogP contribution in [0.15, 0.2) is 48.5 Å². The van der Waals surface area contributed by atoms with Crippen LogP contribution in [0.25, 0.3) is 11.1 Å². The number of carbonyl (C=O) groups is 2. The van der Waals surface area contributed by atoms with Crippen molar-refractivity contribution >= 4 is 12.0 Å². The average Bonchev–Trinajstić information content (AvgIpc) is 3.37. The van der Waals surface area contributed by atoms with Gasteiger partial charge in [0, 0.05) is 31.0 Å². The summed E-state index contributed by atoms with van der Waals surface area (Å²) < 4.78 is 19.3. The van der Waals surface area contributed by atoms with Crippen molar-refractivity contribution in [3.63, 3.8) is 0 Å². The molecule has 31 heavy (non-hydrogen) atoms. The maximum atomic E-state index is 13.8. The SMILES string of the molecule is CC#CC(=O)N1CC[C@](CF)(CNC(=O)OCC2c3ccccc3-c3ccccc32)C1. The lowest BCUT2D eigenvalue weighted by Gasteiger charge is -2.26. The van der Waals surface area contributed by atoms with Gasteiger partial charge in [-0.1, -0.05) is 54.5 Å². The Morgan fingerprint density at radius 2 is 1.81 bits per heavy atom. The summed E-state index contributed by atoms with van der Waals surface area (Å²) in [5.41, 5.74) is 3.80. The molecule has 2 aliphatic rings. The number of benzene rings is 2. The summed E-state index contributed by atoms with van der Waals surface area (Å²) in [5.74, 6) is 4.72. The van der Waals surface area contributed by atoms with Gasteiger partial charge in [-0.15, -0.1) is 0 Å². The summed E-state index contributed by atoms with van der Waals surface area (Å²) in [6, 6.07) is 16.3. The molecule has 0 saturated carbocycles. The molecular formula is C25H25FN2O3. The standard InChI is InChI=1S/C25H25FN2O3/c1-2-7-23(29)28-13-12-25(15-26,17-28)16-27-24(30)31-14-22-20-10-5-3-8-18(20)19-9-4-6-11-21(19)22/h3-6,8-11,22H,12-17H2,1H3,(H,27,30)/t25-/m0/s1. The van der Waals surface area contributed by atoms with E-state index < -0.39 is 18.2 Å². The van der Waals surface area contributed by atoms with Gasteiger partial charge in [-0.05, 0) is 41.5 Å². The highest BCUT2D eigenvalue weighted by atomic mass is 19.1. The van der Waals surface area contributed by atoms with Crippen molar-refractivity contribution in [2.24, 2.45) is 5.41 Å². The first-order valence-corrected chi connectivity index (χ1v) is 10.4. The molecule has 1 aliphatic heterocycles. The molecule has 4 rings (SSSR count). The molecule has 1 atom stereocenters. The third-order valence-corrected chi connectivity index (χ3v) is 6.19. The number of nitrogens with one attached hydrogen (secondary N) is 1. The van der Waals surface area contributed by atoms with Crippen molar-refractivity contribution in [3.8, 4) is 23.0 Å². The van der Waals surface area contributed by atoms with E-state index in [0.29, 0.717) is 13.0 Å². The number of amides is 2. The second-order valence-corrected chi connectivity index (χ2v) is 8.16. The van der Waals surface area contributed by atoms with E-state index in [-0.39, 0.29) is 31.5 Å². The molecule has 2 aromatic carbocycles. The molecule has 0 spiro atoms. The number of hydrogen-bond acceptors (Lipinski definition) is 3. The van der Waals surface area contributed by atoms with Crippen LogP contribution in [0.5, 0.6) is 0 Å². The topological polar surface area (TPSA) is 58.6 Å². The molecule has 0 bridgehead atoms. The number of ether oxygens (including phenoxy) is 1. The van der Waals surface area contributed by atoms with Gasteiger partial charge in [-0.25, -0.2) is 4.79 Å². The minimum absolute atomic E-state index is 0.0273. The zero-order chi connectivity index (χ0) is 21.8. The monoisotopic (exact) mass is 420 g/mol. The van der Waals surface area contributed by atoms with Gasteiger partial charge in [0.15, 0.2) is 0 Å². The maximum Gasteiger partial charge on any atom is 0.407 e. The van der Waals surface area contributed by atoms with Crippen molar-refractivity contribution < 1.29 is 18.7 Å². The summed E-state index contributed by atoms with van der Waals surface area (Å²) in [7, 11) is 0. The number of nitrogens with zero attached hydrogens (tertiary/aromatic N) is 1. The molecule has 1 fully saturated rings. The predicted octanol–water partition coefficient (Wildman–Crippen LogP) is 3.74. The average molecular weight is 420 g/mol. The third-order valence-electron chi connectivity index (χ3n) is 6.19. The lowest BCUT2D eigenvalue weighted by molar-refractivity contribution is -0.124. The zero-order valence-electron chi connectivity index (χ0n) is 17.5. The summed E-state index contributed by atoms with van der Waals surface area (Å²) in [5, 5.41) is 2.70. The van der Waals surface area contributed by atoms with E-state index in [4.69, 9.17) is 4.74 Å². The van der Waals surface area contributed by atoms with Gasteiger partial charge in [-0.2, -0.15) is 0 Å². The molecule has 2 amide bonds. The molecule has 0 aromatic heterocycles. The third kappa shape index (κ3) is 4.13. The molecule has 1 aliphatic carbocycles. The van der Waals surface area contributed by atoms with E-state index in [9.17, 15) is 14.0 Å². The van der Waals surface area contributed by atoms with Crippen LogP contribution in [0.1, 0.15) is 30.4 Å². The van der Waals surface area contributed by atoms with E-state index in [1.807, 2.05) is 24.3 Å². The first-order chi connectivity index (χ1) is 15.1. The number of hydrogen-bond donors (Lipinski definition) is 1. The number of carbonyl (C=O) groups excluding carboxylic acids is 2. The quantitative estimate of drug-likeness (QED) is 0.750. The second-order valence-electron chi connectivity index (χ2n) is 8.16. The van der Waals surface area contributed by atoms with Gasteiger partial charge < -0.3 is 15.0 Å². The van der Waals surface area contributed by atoms with Crippen LogP contribution in [0.4, 0.5) is 9.18 Å². The van der Waals surface area contributed by atoms with Crippen LogP contribution in [0.3, 0.4) is 0 Å². The first-order valence-electron chi connectivity index (χ1n) is 10.4. The van der Waals surface area contributed by atoms with E-state index in [0.717, 1.165) is 22.3 Å². The van der Waals surface area contributed by atoms with Crippen LogP contribution >= 0.6 is 0 Å². The number of alkyl halides is 1. The Kier molecular flexibility index (Phi) is 5.94. The number of alkyl carbamates (subject to hydrolysis) is 1. The van der Waals surface area contributed by atoms with Gasteiger partial charge in [0.1, 0.15) is 6.61 Å². The first kappa shape index (κ1) is 20.9. The molecule has 0 radical (unpaired) electrons. The van der Waals surface area contributed by atoms with Crippen LogP contribution in [-0.4, -0.2) is 49.8 Å². The van der Waals surface area contributed by atoms with Crippen molar-refractivity contribution in [2.75, 3.05) is 32.9 Å². The van der Waals surface area contributed by atoms with Crippen LogP contribution in [0.2, 0.25) is 0 Å². The molecular weight excluding hydrogens is 395 g/mol. The minimum Gasteiger partial charge on any atom is -0.449 e. The van der Waals surface area contributed by atoms with Crippen molar-refractivity contribution in [3.05, 3.63) is 59.7 Å². The fourth-order valence-corrected chi connectivity index (χ4v) is 4.50. The van der Waals surface area contributed by atoms with Gasteiger partial charge >= 0.3 is 6.09 Å². The van der Waals surface area contributed by atoms with Gasteiger partial charge in [0.2, 0.25) is 0 Å². The lowest BCUT2D eigenvalue weighted by atomic mass is 9.89. The Morgan fingerprint density at radius 3 is 2.42 bits per heavy atom. The fourth-order valence-electron chi connectivity index (χ4n) is 4.50. The lowest BCUT2D eigenvalue weighted by Crippen LogP contribution is -2.42. The van der Waals surface area contributed by atoms with Crippen LogP contribution < -0.4 is 5.32 Å². The molecule has 0 unspecified atom stereocenters. The van der Waals surface area contributed by atoms with E-state index in [2.05, 4.69) is 41.4 Å². The van der Waals surface area contributed by atoms with Crippen LogP contribution in [-0.2, 0) is 9.53 Å². The Labute approximate surface area is 181 Å². The van der Waals surface area contributed by atoms with E-state index in [1.165, 1.54) is 4.90 Å². The molecule has 160 valence electrons.